The molecule has 1 N–H and O–H groups in total. The van der Waals surface area contributed by atoms with E-state index in [0.717, 1.165) is 0 Å². The summed E-state index contributed by atoms with van der Waals surface area (Å²) in [5.41, 5.74) is 0. The van der Waals surface area contributed by atoms with Crippen molar-refractivity contribution in [2.75, 3.05) is 18.8 Å². The summed E-state index contributed by atoms with van der Waals surface area (Å²) in [6.45, 7) is 1.13. The third-order valence-corrected chi connectivity index (χ3v) is 2.67. The molecule has 0 aromatic rings. The van der Waals surface area contributed by atoms with Crippen LogP contribution in [0.2, 0.25) is 0 Å². The van der Waals surface area contributed by atoms with Gasteiger partial charge in [-0.1, -0.05) is 13.8 Å². The fourth-order valence-electron chi connectivity index (χ4n) is 0.941. The van der Waals surface area contributed by atoms with E-state index in [1.54, 1.807) is 13.8 Å². The first-order valence-electron chi connectivity index (χ1n) is 4.79. The number of amides is 1. The van der Waals surface area contributed by atoms with Crippen molar-refractivity contribution in [3.63, 3.8) is 0 Å². The Morgan fingerprint density at radius 3 is 2.24 bits per heavy atom. The molecule has 0 heterocycles. The second kappa shape index (κ2) is 6.73. The summed E-state index contributed by atoms with van der Waals surface area (Å²) in [5, 5.41) is 8.53. The van der Waals surface area contributed by atoms with Gasteiger partial charge in [-0.25, -0.2) is 0 Å². The maximum atomic E-state index is 12.1. The maximum absolute atomic E-state index is 12.1. The summed E-state index contributed by atoms with van der Waals surface area (Å²) in [6, 6.07) is 0. The fourth-order valence-corrected chi connectivity index (χ4v) is 1.60. The Morgan fingerprint density at radius 1 is 1.35 bits per heavy atom. The van der Waals surface area contributed by atoms with Crippen LogP contribution < -0.4 is 0 Å². The highest BCUT2D eigenvalue weighted by molar-refractivity contribution is 8.00. The third-order valence-electron chi connectivity index (χ3n) is 1.59. The zero-order valence-corrected chi connectivity index (χ0v) is 10.3. The van der Waals surface area contributed by atoms with E-state index in [1.165, 1.54) is 11.8 Å². The summed E-state index contributed by atoms with van der Waals surface area (Å²) in [6.07, 6.45) is -4.59. The molecule has 0 radical (unpaired) electrons. The van der Waals surface area contributed by atoms with Crippen LogP contribution in [0.5, 0.6) is 0 Å². The van der Waals surface area contributed by atoms with Gasteiger partial charge in [-0.3, -0.25) is 9.59 Å². The summed E-state index contributed by atoms with van der Waals surface area (Å²) in [5.74, 6) is -2.43. The zero-order chi connectivity index (χ0) is 13.6. The Balaban J connectivity index is 4.45. The van der Waals surface area contributed by atoms with Crippen molar-refractivity contribution >= 4 is 23.6 Å². The average molecular weight is 273 g/mol. The standard InChI is InChI=1S/C9H14F3NO3S/c1-6(2)17-4-7(14)13(3-8(15)16)5-9(10,11)12/h6H,3-5H2,1-2H3,(H,15,16). The largest absolute Gasteiger partial charge is 0.480 e. The monoisotopic (exact) mass is 273 g/mol. The number of rotatable bonds is 6. The van der Waals surface area contributed by atoms with Crippen LogP contribution >= 0.6 is 11.8 Å². The number of carbonyl (C=O) groups is 2. The van der Waals surface area contributed by atoms with Gasteiger partial charge in [-0.05, 0) is 5.25 Å². The third kappa shape index (κ3) is 8.84. The number of thioether (sulfide) groups is 1. The number of hydrogen-bond acceptors (Lipinski definition) is 3. The normalized spacial score (nSPS) is 11.6. The number of carboxylic acid groups (broad SMARTS) is 1. The topological polar surface area (TPSA) is 57.6 Å². The van der Waals surface area contributed by atoms with Crippen molar-refractivity contribution in [3.05, 3.63) is 0 Å². The molecule has 1 amide bonds. The average Bonchev–Trinajstić information content (AvgIpc) is 2.09. The van der Waals surface area contributed by atoms with Crippen LogP contribution in [0.3, 0.4) is 0 Å². The molecule has 0 bridgehead atoms. The van der Waals surface area contributed by atoms with E-state index >= 15 is 0 Å². The van der Waals surface area contributed by atoms with E-state index in [9.17, 15) is 22.8 Å². The number of alkyl halides is 3. The van der Waals surface area contributed by atoms with Gasteiger partial charge in [0.05, 0.1) is 5.75 Å². The van der Waals surface area contributed by atoms with Gasteiger partial charge < -0.3 is 10.0 Å². The van der Waals surface area contributed by atoms with Gasteiger partial charge in [0.2, 0.25) is 5.91 Å². The molecule has 0 aromatic carbocycles. The minimum atomic E-state index is -4.59. The first-order valence-corrected chi connectivity index (χ1v) is 5.84. The van der Waals surface area contributed by atoms with Gasteiger partial charge in [-0.15, -0.1) is 11.8 Å². The SMILES string of the molecule is CC(C)SCC(=O)N(CC(=O)O)CC(F)(F)F. The lowest BCUT2D eigenvalue weighted by Crippen LogP contribution is -2.43. The Labute approximate surface area is 101 Å². The van der Waals surface area contributed by atoms with E-state index in [-0.39, 0.29) is 11.0 Å². The van der Waals surface area contributed by atoms with Crippen LogP contribution in [0.25, 0.3) is 0 Å². The predicted octanol–water partition coefficient (Wildman–Crippen LogP) is 1.60. The number of carbonyl (C=O) groups excluding carboxylic acids is 1. The second-order valence-corrected chi connectivity index (χ2v) is 5.18. The zero-order valence-electron chi connectivity index (χ0n) is 9.45. The van der Waals surface area contributed by atoms with E-state index < -0.39 is 31.1 Å². The quantitative estimate of drug-likeness (QED) is 0.798. The number of aliphatic carboxylic acids is 1. The number of hydrogen-bond donors (Lipinski definition) is 1. The number of carboxylic acids is 1. The lowest BCUT2D eigenvalue weighted by molar-refractivity contribution is -0.164. The molecule has 0 aliphatic rings. The molecule has 0 aliphatic carbocycles. The van der Waals surface area contributed by atoms with Crippen molar-refractivity contribution in [2.45, 2.75) is 25.3 Å². The van der Waals surface area contributed by atoms with E-state index in [2.05, 4.69) is 0 Å². The van der Waals surface area contributed by atoms with Crippen LogP contribution in [-0.4, -0.2) is 52.2 Å². The summed E-state index contributed by atoms with van der Waals surface area (Å²) in [4.78, 5) is 22.1. The summed E-state index contributed by atoms with van der Waals surface area (Å²) in [7, 11) is 0. The Kier molecular flexibility index (Phi) is 6.36. The lowest BCUT2D eigenvalue weighted by Gasteiger charge is -2.22. The van der Waals surface area contributed by atoms with Gasteiger partial charge in [0.1, 0.15) is 13.1 Å². The van der Waals surface area contributed by atoms with Gasteiger partial charge in [0.25, 0.3) is 0 Å². The maximum Gasteiger partial charge on any atom is 0.406 e. The highest BCUT2D eigenvalue weighted by atomic mass is 32.2. The van der Waals surface area contributed by atoms with Crippen LogP contribution in [0, 0.1) is 0 Å². The first-order chi connectivity index (χ1) is 7.61. The molecule has 0 aliphatic heterocycles. The molecule has 0 atom stereocenters. The molecule has 0 saturated heterocycles. The van der Waals surface area contributed by atoms with Crippen molar-refractivity contribution in [3.8, 4) is 0 Å². The Morgan fingerprint density at radius 2 is 1.88 bits per heavy atom. The number of nitrogens with zero attached hydrogens (tertiary/aromatic N) is 1. The van der Waals surface area contributed by atoms with Crippen molar-refractivity contribution in [1.29, 1.82) is 0 Å². The van der Waals surface area contributed by atoms with E-state index in [0.29, 0.717) is 4.90 Å². The van der Waals surface area contributed by atoms with Crippen molar-refractivity contribution in [1.82, 2.24) is 4.90 Å². The highest BCUT2D eigenvalue weighted by Crippen LogP contribution is 2.18. The second-order valence-electron chi connectivity index (χ2n) is 3.62. The molecular weight excluding hydrogens is 259 g/mol. The van der Waals surface area contributed by atoms with Gasteiger partial charge in [0, 0.05) is 0 Å². The lowest BCUT2D eigenvalue weighted by atomic mass is 10.4. The molecule has 100 valence electrons. The van der Waals surface area contributed by atoms with Gasteiger partial charge in [-0.2, -0.15) is 13.2 Å². The van der Waals surface area contributed by atoms with Crippen LogP contribution in [0.4, 0.5) is 13.2 Å². The molecule has 8 heteroatoms. The molecular formula is C9H14F3NO3S. The summed E-state index contributed by atoms with van der Waals surface area (Å²) < 4.78 is 36.4. The molecule has 0 rings (SSSR count). The van der Waals surface area contributed by atoms with Gasteiger partial charge in [0.15, 0.2) is 0 Å². The summed E-state index contributed by atoms with van der Waals surface area (Å²) >= 11 is 1.17. The smallest absolute Gasteiger partial charge is 0.406 e. The molecule has 0 aromatic heterocycles. The minimum absolute atomic E-state index is 0.0940. The van der Waals surface area contributed by atoms with Crippen molar-refractivity contribution in [2.24, 2.45) is 0 Å². The van der Waals surface area contributed by atoms with E-state index in [4.69, 9.17) is 5.11 Å². The van der Waals surface area contributed by atoms with Crippen LogP contribution in [0.1, 0.15) is 13.8 Å². The highest BCUT2D eigenvalue weighted by Gasteiger charge is 2.33. The fraction of sp³-hybridized carbons (Fsp3) is 0.778. The van der Waals surface area contributed by atoms with Gasteiger partial charge >= 0.3 is 12.1 Å². The molecule has 17 heavy (non-hydrogen) atoms. The Bertz CT molecular complexity index is 281. The molecule has 0 spiro atoms. The minimum Gasteiger partial charge on any atom is -0.480 e. The predicted molar refractivity (Wildman–Crippen MR) is 57.9 cm³/mol. The molecule has 0 unspecified atom stereocenters. The van der Waals surface area contributed by atoms with Crippen molar-refractivity contribution < 1.29 is 27.9 Å². The molecule has 0 saturated carbocycles. The Hall–Kier alpha value is -0.920. The first kappa shape index (κ1) is 16.1. The van der Waals surface area contributed by atoms with Crippen LogP contribution in [0.15, 0.2) is 0 Å². The molecule has 0 fully saturated rings. The van der Waals surface area contributed by atoms with E-state index in [1.807, 2.05) is 0 Å². The van der Waals surface area contributed by atoms with Crippen LogP contribution in [-0.2, 0) is 9.59 Å². The number of halogens is 3. The molecule has 4 nitrogen and oxygen atoms in total.